The van der Waals surface area contributed by atoms with Crippen molar-refractivity contribution in [3.05, 3.63) is 120 Å². The minimum Gasteiger partial charge on any atom is -0.389 e. The third-order valence-corrected chi connectivity index (χ3v) is 6.05. The topological polar surface area (TPSA) is 60.0 Å². The van der Waals surface area contributed by atoms with Crippen molar-refractivity contribution < 1.29 is 19.3 Å². The minimum atomic E-state index is -0.766. The highest BCUT2D eigenvalue weighted by atomic mass is 16.6. The molecular formula is C29H33NO4. The highest BCUT2D eigenvalue weighted by Gasteiger charge is 2.43. The largest absolute Gasteiger partial charge is 0.389 e. The van der Waals surface area contributed by atoms with Crippen LogP contribution in [0.1, 0.15) is 16.7 Å². The maximum Gasteiger partial charge on any atom is 0.115 e. The summed E-state index contributed by atoms with van der Waals surface area (Å²) in [7, 11) is 0. The molecule has 0 unspecified atom stereocenters. The summed E-state index contributed by atoms with van der Waals surface area (Å²) in [5.74, 6) is 0. The van der Waals surface area contributed by atoms with Gasteiger partial charge in [-0.2, -0.15) is 0 Å². The number of rotatable bonds is 10. The second-order valence-corrected chi connectivity index (χ2v) is 8.52. The van der Waals surface area contributed by atoms with Gasteiger partial charge in [0.2, 0.25) is 0 Å². The van der Waals surface area contributed by atoms with E-state index in [-0.39, 0.29) is 6.04 Å². The fourth-order valence-electron chi connectivity index (χ4n) is 4.21. The normalized spacial score (nSPS) is 24.9. The predicted octanol–water partition coefficient (Wildman–Crippen LogP) is 4.26. The summed E-state index contributed by atoms with van der Waals surface area (Å²) in [4.78, 5) is 0. The maximum absolute atomic E-state index is 11.1. The van der Waals surface area contributed by atoms with Gasteiger partial charge in [-0.15, -0.1) is 6.58 Å². The van der Waals surface area contributed by atoms with E-state index in [2.05, 4.69) is 11.9 Å². The van der Waals surface area contributed by atoms with E-state index in [1.807, 2.05) is 97.1 Å². The van der Waals surface area contributed by atoms with Gasteiger partial charge in [0.1, 0.15) is 18.3 Å². The van der Waals surface area contributed by atoms with Crippen molar-refractivity contribution in [2.45, 2.75) is 50.3 Å². The first kappa shape index (κ1) is 24.3. The SMILES string of the molecule is C=C[C@H]1NC[C@@H](O)[C@@H](OCc2ccccc2)[C@H](OCc2ccccc2)[C@H]1OCc1ccccc1. The van der Waals surface area contributed by atoms with Gasteiger partial charge in [-0.05, 0) is 16.7 Å². The highest BCUT2D eigenvalue weighted by molar-refractivity contribution is 5.16. The van der Waals surface area contributed by atoms with Gasteiger partial charge in [-0.3, -0.25) is 0 Å². The van der Waals surface area contributed by atoms with Crippen molar-refractivity contribution in [2.24, 2.45) is 0 Å². The minimum absolute atomic E-state index is 0.204. The molecule has 1 aliphatic heterocycles. The quantitative estimate of drug-likeness (QED) is 0.444. The molecule has 0 aliphatic carbocycles. The lowest BCUT2D eigenvalue weighted by molar-refractivity contribution is -0.172. The molecular weight excluding hydrogens is 426 g/mol. The smallest absolute Gasteiger partial charge is 0.115 e. The lowest BCUT2D eigenvalue weighted by Gasteiger charge is -2.35. The van der Waals surface area contributed by atoms with Crippen LogP contribution in [0.25, 0.3) is 0 Å². The van der Waals surface area contributed by atoms with Crippen LogP contribution in [0.2, 0.25) is 0 Å². The molecule has 4 rings (SSSR count). The first-order valence-corrected chi connectivity index (χ1v) is 11.7. The van der Waals surface area contributed by atoms with Crippen LogP contribution in [0.5, 0.6) is 0 Å². The van der Waals surface area contributed by atoms with Gasteiger partial charge in [-0.1, -0.05) is 97.1 Å². The Morgan fingerprint density at radius 2 is 1.09 bits per heavy atom. The summed E-state index contributed by atoms with van der Waals surface area (Å²) in [6.07, 6.45) is -0.444. The molecule has 5 nitrogen and oxygen atoms in total. The summed E-state index contributed by atoms with van der Waals surface area (Å²) in [6, 6.07) is 29.8. The van der Waals surface area contributed by atoms with E-state index >= 15 is 0 Å². The molecule has 5 atom stereocenters. The monoisotopic (exact) mass is 459 g/mol. The number of aliphatic hydroxyl groups excluding tert-OH is 1. The summed E-state index contributed by atoms with van der Waals surface area (Å²) in [5, 5.41) is 14.4. The molecule has 0 bridgehead atoms. The Labute approximate surface area is 202 Å². The molecule has 1 fully saturated rings. The van der Waals surface area contributed by atoms with Gasteiger partial charge in [0, 0.05) is 6.54 Å². The van der Waals surface area contributed by atoms with Crippen LogP contribution in [0, 0.1) is 0 Å². The molecule has 0 amide bonds. The molecule has 0 radical (unpaired) electrons. The third kappa shape index (κ3) is 6.63. The number of benzene rings is 3. The highest BCUT2D eigenvalue weighted by Crippen LogP contribution is 2.25. The zero-order chi connectivity index (χ0) is 23.6. The molecule has 34 heavy (non-hydrogen) atoms. The molecule has 0 aromatic heterocycles. The fraction of sp³-hybridized carbons (Fsp3) is 0.310. The van der Waals surface area contributed by atoms with Crippen LogP contribution in [0.15, 0.2) is 104 Å². The molecule has 3 aromatic carbocycles. The van der Waals surface area contributed by atoms with Crippen molar-refractivity contribution in [1.29, 1.82) is 0 Å². The van der Waals surface area contributed by atoms with E-state index in [0.717, 1.165) is 16.7 Å². The van der Waals surface area contributed by atoms with Gasteiger partial charge in [0.05, 0.1) is 32.0 Å². The van der Waals surface area contributed by atoms with Gasteiger partial charge in [-0.25, -0.2) is 0 Å². The number of ether oxygens (including phenoxy) is 3. The Kier molecular flexibility index (Phi) is 9.02. The van der Waals surface area contributed by atoms with Gasteiger partial charge in [0.25, 0.3) is 0 Å². The summed E-state index contributed by atoms with van der Waals surface area (Å²) >= 11 is 0. The fourth-order valence-corrected chi connectivity index (χ4v) is 4.21. The van der Waals surface area contributed by atoms with E-state index in [1.54, 1.807) is 0 Å². The first-order valence-electron chi connectivity index (χ1n) is 11.7. The van der Waals surface area contributed by atoms with Crippen LogP contribution in [-0.4, -0.2) is 42.1 Å². The first-order chi connectivity index (χ1) is 16.7. The maximum atomic E-state index is 11.1. The van der Waals surface area contributed by atoms with E-state index in [0.29, 0.717) is 26.4 Å². The number of aliphatic hydroxyl groups is 1. The van der Waals surface area contributed by atoms with Crippen LogP contribution < -0.4 is 5.32 Å². The second-order valence-electron chi connectivity index (χ2n) is 8.52. The van der Waals surface area contributed by atoms with Crippen LogP contribution in [0.4, 0.5) is 0 Å². The third-order valence-electron chi connectivity index (χ3n) is 6.05. The summed E-state index contributed by atoms with van der Waals surface area (Å²) in [5.41, 5.74) is 3.15. The number of β-amino-alcohol motifs (C(OH)–C–C–N with tert-alkyl or cyclic N) is 1. The van der Waals surface area contributed by atoms with Crippen LogP contribution in [0.3, 0.4) is 0 Å². The van der Waals surface area contributed by atoms with Gasteiger partial charge in [0.15, 0.2) is 0 Å². The van der Waals surface area contributed by atoms with E-state index in [9.17, 15) is 5.11 Å². The van der Waals surface area contributed by atoms with Crippen molar-refractivity contribution >= 4 is 0 Å². The van der Waals surface area contributed by atoms with Crippen molar-refractivity contribution in [1.82, 2.24) is 5.32 Å². The number of hydrogen-bond acceptors (Lipinski definition) is 5. The average Bonchev–Trinajstić information content (AvgIpc) is 3.02. The molecule has 2 N–H and O–H groups in total. The molecule has 1 heterocycles. The predicted molar refractivity (Wildman–Crippen MR) is 133 cm³/mol. The molecule has 3 aromatic rings. The van der Waals surface area contributed by atoms with Crippen LogP contribution >= 0.6 is 0 Å². The Hall–Kier alpha value is -2.80. The van der Waals surface area contributed by atoms with Crippen molar-refractivity contribution in [3.63, 3.8) is 0 Å². The van der Waals surface area contributed by atoms with Crippen molar-refractivity contribution in [2.75, 3.05) is 6.54 Å². The molecule has 178 valence electrons. The number of hydrogen-bond donors (Lipinski definition) is 2. The second kappa shape index (κ2) is 12.6. The lowest BCUT2D eigenvalue weighted by atomic mass is 9.99. The zero-order valence-electron chi connectivity index (χ0n) is 19.3. The summed E-state index contributed by atoms with van der Waals surface area (Å²) in [6.45, 7) is 5.54. The Bertz CT molecular complexity index is 983. The average molecular weight is 460 g/mol. The van der Waals surface area contributed by atoms with Gasteiger partial charge < -0.3 is 24.6 Å². The molecule has 0 saturated carbocycles. The Morgan fingerprint density at radius 3 is 1.53 bits per heavy atom. The van der Waals surface area contributed by atoms with Gasteiger partial charge >= 0.3 is 0 Å². The molecule has 5 heteroatoms. The molecule has 1 saturated heterocycles. The molecule has 0 spiro atoms. The number of nitrogens with one attached hydrogen (secondary N) is 1. The standard InChI is InChI=1S/C29H33NO4/c1-2-25-27(32-19-22-12-6-3-7-13-22)29(34-21-24-16-10-5-11-17-24)28(26(31)18-30-25)33-20-23-14-8-4-9-15-23/h2-17,25-31H,1,18-21H2/t25-,26-,27+,28-,29-/m1/s1. The molecule has 1 aliphatic rings. The van der Waals surface area contributed by atoms with E-state index < -0.39 is 24.4 Å². The van der Waals surface area contributed by atoms with E-state index in [1.165, 1.54) is 0 Å². The Morgan fingerprint density at radius 1 is 0.676 bits per heavy atom. The van der Waals surface area contributed by atoms with Crippen molar-refractivity contribution in [3.8, 4) is 0 Å². The lowest BCUT2D eigenvalue weighted by Crippen LogP contribution is -2.50. The zero-order valence-corrected chi connectivity index (χ0v) is 19.3. The summed E-state index contributed by atoms with van der Waals surface area (Å²) < 4.78 is 19.2. The Balaban J connectivity index is 1.57. The van der Waals surface area contributed by atoms with E-state index in [4.69, 9.17) is 14.2 Å². The van der Waals surface area contributed by atoms with Crippen LogP contribution in [-0.2, 0) is 34.0 Å².